The summed E-state index contributed by atoms with van der Waals surface area (Å²) in [7, 11) is 0. The van der Waals surface area contributed by atoms with Crippen molar-refractivity contribution in [3.63, 3.8) is 0 Å². The molecule has 0 atom stereocenters. The molecule has 0 radical (unpaired) electrons. The highest BCUT2D eigenvalue weighted by atomic mass is 16.3. The molecule has 0 spiro atoms. The van der Waals surface area contributed by atoms with E-state index in [1.54, 1.807) is 13.0 Å². The number of rotatable bonds is 5. The largest absolute Gasteiger partial charge is 0.388 e. The fourth-order valence-electron chi connectivity index (χ4n) is 0.962. The number of hydrogen-bond acceptors (Lipinski definition) is 2. The zero-order chi connectivity index (χ0) is 10.3. The van der Waals surface area contributed by atoms with Crippen molar-refractivity contribution in [3.8, 4) is 0 Å². The lowest BCUT2D eigenvalue weighted by Crippen LogP contribution is -2.41. The van der Waals surface area contributed by atoms with Crippen LogP contribution in [0.25, 0.3) is 0 Å². The first kappa shape index (κ1) is 12.2. The summed E-state index contributed by atoms with van der Waals surface area (Å²) < 4.78 is 0. The molecule has 0 aliphatic carbocycles. The van der Waals surface area contributed by atoms with Gasteiger partial charge in [-0.2, -0.15) is 0 Å². The first-order valence-electron chi connectivity index (χ1n) is 4.71. The van der Waals surface area contributed by atoms with E-state index in [1.807, 2.05) is 13.8 Å². The molecule has 0 fully saturated rings. The smallest absolute Gasteiger partial charge is 0.243 e. The second kappa shape index (κ2) is 5.75. The quantitative estimate of drug-likeness (QED) is 0.633. The van der Waals surface area contributed by atoms with E-state index in [0.29, 0.717) is 19.4 Å². The van der Waals surface area contributed by atoms with Gasteiger partial charge in [0.25, 0.3) is 0 Å². The van der Waals surface area contributed by atoms with Crippen molar-refractivity contribution in [2.45, 2.75) is 39.2 Å². The standard InChI is InChI=1S/C10H19NO2/c1-4-7-9(12)11-8-10(13,5-2)6-3/h4,7,13H,5-6,8H2,1-3H3,(H,11,12). The molecule has 0 aliphatic rings. The van der Waals surface area contributed by atoms with E-state index in [9.17, 15) is 9.90 Å². The van der Waals surface area contributed by atoms with E-state index in [0.717, 1.165) is 0 Å². The molecule has 0 unspecified atom stereocenters. The van der Waals surface area contributed by atoms with Crippen LogP contribution >= 0.6 is 0 Å². The van der Waals surface area contributed by atoms with E-state index in [2.05, 4.69) is 5.32 Å². The van der Waals surface area contributed by atoms with Crippen molar-refractivity contribution in [1.82, 2.24) is 5.32 Å². The Morgan fingerprint density at radius 1 is 1.46 bits per heavy atom. The molecule has 0 aromatic rings. The van der Waals surface area contributed by atoms with Gasteiger partial charge in [-0.25, -0.2) is 0 Å². The Bertz CT molecular complexity index is 183. The third kappa shape index (κ3) is 4.68. The Balaban J connectivity index is 3.92. The lowest BCUT2D eigenvalue weighted by atomic mass is 9.98. The van der Waals surface area contributed by atoms with Gasteiger partial charge in [0.2, 0.25) is 5.91 Å². The molecule has 0 saturated carbocycles. The van der Waals surface area contributed by atoms with Crippen LogP contribution in [0.2, 0.25) is 0 Å². The Morgan fingerprint density at radius 3 is 2.38 bits per heavy atom. The third-order valence-electron chi connectivity index (χ3n) is 2.23. The topological polar surface area (TPSA) is 49.3 Å². The lowest BCUT2D eigenvalue weighted by molar-refractivity contribution is -0.117. The average molecular weight is 185 g/mol. The highest BCUT2D eigenvalue weighted by Crippen LogP contribution is 2.12. The van der Waals surface area contributed by atoms with Crippen molar-refractivity contribution < 1.29 is 9.90 Å². The highest BCUT2D eigenvalue weighted by Gasteiger charge is 2.21. The van der Waals surface area contributed by atoms with Crippen molar-refractivity contribution in [1.29, 1.82) is 0 Å². The van der Waals surface area contributed by atoms with Gasteiger partial charge in [-0.1, -0.05) is 19.9 Å². The monoisotopic (exact) mass is 185 g/mol. The summed E-state index contributed by atoms with van der Waals surface area (Å²) in [4.78, 5) is 11.0. The fraction of sp³-hybridized carbons (Fsp3) is 0.700. The summed E-state index contributed by atoms with van der Waals surface area (Å²) in [6, 6.07) is 0. The van der Waals surface area contributed by atoms with Crippen LogP contribution in [0.3, 0.4) is 0 Å². The van der Waals surface area contributed by atoms with Crippen molar-refractivity contribution in [3.05, 3.63) is 12.2 Å². The van der Waals surface area contributed by atoms with Gasteiger partial charge < -0.3 is 10.4 Å². The second-order valence-corrected chi connectivity index (χ2v) is 3.15. The van der Waals surface area contributed by atoms with Crippen LogP contribution in [0.5, 0.6) is 0 Å². The molecule has 0 aromatic carbocycles. The molecule has 0 rings (SSSR count). The first-order valence-corrected chi connectivity index (χ1v) is 4.71. The molecule has 2 N–H and O–H groups in total. The second-order valence-electron chi connectivity index (χ2n) is 3.15. The van der Waals surface area contributed by atoms with Crippen LogP contribution in [0.4, 0.5) is 0 Å². The van der Waals surface area contributed by atoms with E-state index in [4.69, 9.17) is 0 Å². The fourth-order valence-corrected chi connectivity index (χ4v) is 0.962. The number of allylic oxidation sites excluding steroid dienone is 1. The van der Waals surface area contributed by atoms with Crippen LogP contribution in [-0.2, 0) is 4.79 Å². The molecule has 0 heterocycles. The maximum absolute atomic E-state index is 11.0. The van der Waals surface area contributed by atoms with Gasteiger partial charge >= 0.3 is 0 Å². The van der Waals surface area contributed by atoms with Crippen molar-refractivity contribution >= 4 is 5.91 Å². The predicted molar refractivity (Wildman–Crippen MR) is 53.4 cm³/mol. The van der Waals surface area contributed by atoms with Crippen molar-refractivity contribution in [2.24, 2.45) is 0 Å². The van der Waals surface area contributed by atoms with E-state index in [1.165, 1.54) is 6.08 Å². The summed E-state index contributed by atoms with van der Waals surface area (Å²) in [5.41, 5.74) is -0.753. The zero-order valence-electron chi connectivity index (χ0n) is 8.63. The Hall–Kier alpha value is -0.830. The Morgan fingerprint density at radius 2 is 2.00 bits per heavy atom. The maximum atomic E-state index is 11.0. The normalized spacial score (nSPS) is 12.0. The molecular weight excluding hydrogens is 166 g/mol. The third-order valence-corrected chi connectivity index (χ3v) is 2.23. The van der Waals surface area contributed by atoms with Crippen LogP contribution in [0.1, 0.15) is 33.6 Å². The van der Waals surface area contributed by atoms with Gasteiger partial charge in [0.1, 0.15) is 0 Å². The van der Waals surface area contributed by atoms with Gasteiger partial charge in [0, 0.05) is 6.54 Å². The number of amides is 1. The molecule has 3 heteroatoms. The van der Waals surface area contributed by atoms with Gasteiger partial charge in [0.05, 0.1) is 5.60 Å². The summed E-state index contributed by atoms with van der Waals surface area (Å²) in [5.74, 6) is -0.150. The molecule has 76 valence electrons. The summed E-state index contributed by atoms with van der Waals surface area (Å²) in [6.45, 7) is 5.92. The molecule has 1 amide bonds. The van der Waals surface area contributed by atoms with E-state index < -0.39 is 5.60 Å². The molecule has 3 nitrogen and oxygen atoms in total. The Kier molecular flexibility index (Phi) is 5.39. The van der Waals surface area contributed by atoms with Gasteiger partial charge in [-0.05, 0) is 25.8 Å². The Labute approximate surface area is 79.8 Å². The van der Waals surface area contributed by atoms with Crippen LogP contribution in [-0.4, -0.2) is 23.2 Å². The van der Waals surface area contributed by atoms with Crippen molar-refractivity contribution in [2.75, 3.05) is 6.54 Å². The number of carbonyl (C=O) groups is 1. The summed E-state index contributed by atoms with van der Waals surface area (Å²) >= 11 is 0. The van der Waals surface area contributed by atoms with E-state index >= 15 is 0 Å². The van der Waals surface area contributed by atoms with Gasteiger partial charge in [0.15, 0.2) is 0 Å². The number of aliphatic hydroxyl groups is 1. The highest BCUT2D eigenvalue weighted by molar-refractivity contribution is 5.87. The number of hydrogen-bond donors (Lipinski definition) is 2. The summed E-state index contributed by atoms with van der Waals surface area (Å²) in [5, 5.41) is 12.5. The number of nitrogens with one attached hydrogen (secondary N) is 1. The SMILES string of the molecule is CC=CC(=O)NCC(O)(CC)CC. The van der Waals surface area contributed by atoms with E-state index in [-0.39, 0.29) is 5.91 Å². The van der Waals surface area contributed by atoms with Crippen LogP contribution in [0, 0.1) is 0 Å². The number of carbonyl (C=O) groups excluding carboxylic acids is 1. The molecule has 0 aliphatic heterocycles. The molecule has 0 aromatic heterocycles. The minimum absolute atomic E-state index is 0.150. The maximum Gasteiger partial charge on any atom is 0.243 e. The molecule has 0 saturated heterocycles. The molecule has 0 bridgehead atoms. The first-order chi connectivity index (χ1) is 6.08. The summed E-state index contributed by atoms with van der Waals surface area (Å²) in [6.07, 6.45) is 4.43. The molecular formula is C10H19NO2. The average Bonchev–Trinajstić information content (AvgIpc) is 2.15. The minimum atomic E-state index is -0.753. The zero-order valence-corrected chi connectivity index (χ0v) is 8.63. The predicted octanol–water partition coefficient (Wildman–Crippen LogP) is 1.23. The minimum Gasteiger partial charge on any atom is -0.388 e. The van der Waals surface area contributed by atoms with Crippen LogP contribution < -0.4 is 5.32 Å². The molecule has 13 heavy (non-hydrogen) atoms. The van der Waals surface area contributed by atoms with Gasteiger partial charge in [-0.3, -0.25) is 4.79 Å². The van der Waals surface area contributed by atoms with Gasteiger partial charge in [-0.15, -0.1) is 0 Å². The lowest BCUT2D eigenvalue weighted by Gasteiger charge is -2.24. The van der Waals surface area contributed by atoms with Crippen LogP contribution in [0.15, 0.2) is 12.2 Å².